The van der Waals surface area contributed by atoms with Crippen molar-refractivity contribution in [1.82, 2.24) is 0 Å². The molecular weight excluding hydrogens is 364 g/mol. The lowest BCUT2D eigenvalue weighted by Crippen LogP contribution is -2.12. The van der Waals surface area contributed by atoms with Crippen LogP contribution in [0.4, 0.5) is 11.4 Å². The molecule has 0 aromatic heterocycles. The lowest BCUT2D eigenvalue weighted by molar-refractivity contribution is 0.102. The molecule has 1 amide bonds. The molecule has 0 fully saturated rings. The third-order valence-electron chi connectivity index (χ3n) is 3.88. The second-order valence-corrected chi connectivity index (χ2v) is 5.87. The van der Waals surface area contributed by atoms with E-state index in [1.807, 2.05) is 42.5 Å². The predicted molar refractivity (Wildman–Crippen MR) is 110 cm³/mol. The Hall–Kier alpha value is -4.55. The largest absolute Gasteiger partial charge is 0.455 e. The van der Waals surface area contributed by atoms with Gasteiger partial charge in [-0.1, -0.05) is 30.3 Å². The Labute approximate surface area is 168 Å². The Balaban J connectivity index is 1.70. The Morgan fingerprint density at radius 3 is 2.21 bits per heavy atom. The van der Waals surface area contributed by atoms with Crippen LogP contribution in [0.2, 0.25) is 0 Å². The lowest BCUT2D eigenvalue weighted by Gasteiger charge is -2.12. The highest BCUT2D eigenvalue weighted by molar-refractivity contribution is 6.05. The van der Waals surface area contributed by atoms with Crippen molar-refractivity contribution in [3.8, 4) is 23.6 Å². The molecule has 0 spiro atoms. The number of benzene rings is 3. The molecule has 0 aliphatic carbocycles. The topological polar surface area (TPSA) is 97.9 Å². The van der Waals surface area contributed by atoms with Crippen LogP contribution in [0.25, 0.3) is 0 Å². The molecule has 0 aliphatic rings. The number of amides is 1. The van der Waals surface area contributed by atoms with Crippen molar-refractivity contribution in [3.63, 3.8) is 0 Å². The van der Waals surface area contributed by atoms with Gasteiger partial charge in [-0.2, -0.15) is 10.5 Å². The number of carbonyl (C=O) groups excluding carboxylic acids is 1. The molecule has 0 radical (unpaired) electrons. The first-order chi connectivity index (χ1) is 14.2. The summed E-state index contributed by atoms with van der Waals surface area (Å²) in [5.74, 6) is 0.925. The van der Waals surface area contributed by atoms with Crippen LogP contribution in [0.3, 0.4) is 0 Å². The van der Waals surface area contributed by atoms with Crippen molar-refractivity contribution in [2.75, 3.05) is 10.6 Å². The van der Waals surface area contributed by atoms with Gasteiger partial charge in [-0.15, -0.1) is 0 Å². The van der Waals surface area contributed by atoms with Gasteiger partial charge in [0.05, 0.1) is 5.69 Å². The van der Waals surface area contributed by atoms with E-state index in [0.717, 1.165) is 0 Å². The summed E-state index contributed by atoms with van der Waals surface area (Å²) in [6.45, 7) is 0. The van der Waals surface area contributed by atoms with Crippen molar-refractivity contribution >= 4 is 17.3 Å². The highest BCUT2D eigenvalue weighted by Crippen LogP contribution is 2.29. The number of nitriles is 2. The van der Waals surface area contributed by atoms with Gasteiger partial charge in [0.25, 0.3) is 5.91 Å². The molecule has 3 rings (SSSR count). The molecule has 29 heavy (non-hydrogen) atoms. The normalized spacial score (nSPS) is 9.45. The summed E-state index contributed by atoms with van der Waals surface area (Å²) in [5.41, 5.74) is 1.62. The maximum Gasteiger partial charge on any atom is 0.255 e. The summed E-state index contributed by atoms with van der Waals surface area (Å²) >= 11 is 0. The minimum atomic E-state index is -0.286. The van der Waals surface area contributed by atoms with E-state index in [1.54, 1.807) is 48.5 Å². The van der Waals surface area contributed by atoms with Gasteiger partial charge in [0.1, 0.15) is 23.5 Å². The molecule has 0 aliphatic heterocycles. The maximum absolute atomic E-state index is 12.6. The molecule has 6 nitrogen and oxygen atoms in total. The highest BCUT2D eigenvalue weighted by atomic mass is 16.5. The first-order valence-electron chi connectivity index (χ1n) is 8.70. The van der Waals surface area contributed by atoms with Gasteiger partial charge >= 0.3 is 0 Å². The van der Waals surface area contributed by atoms with E-state index in [0.29, 0.717) is 28.4 Å². The van der Waals surface area contributed by atoms with Crippen molar-refractivity contribution in [1.29, 1.82) is 10.5 Å². The molecule has 0 heterocycles. The minimum absolute atomic E-state index is 0.0400. The van der Waals surface area contributed by atoms with Gasteiger partial charge in [0.2, 0.25) is 0 Å². The second-order valence-electron chi connectivity index (χ2n) is 5.87. The number of anilines is 2. The Bertz CT molecular complexity index is 1090. The van der Waals surface area contributed by atoms with Gasteiger partial charge in [0, 0.05) is 17.5 Å². The average Bonchev–Trinajstić information content (AvgIpc) is 2.77. The van der Waals surface area contributed by atoms with Gasteiger partial charge in [-0.05, 0) is 48.5 Å². The van der Waals surface area contributed by atoms with Gasteiger partial charge in [-0.25, -0.2) is 0 Å². The number of allylic oxidation sites excluding steroid dienone is 1. The number of hydrogen-bond acceptors (Lipinski definition) is 5. The van der Waals surface area contributed by atoms with Crippen LogP contribution < -0.4 is 15.4 Å². The molecule has 140 valence electrons. The zero-order chi connectivity index (χ0) is 20.5. The van der Waals surface area contributed by atoms with Gasteiger partial charge in [-0.3, -0.25) is 4.79 Å². The van der Waals surface area contributed by atoms with Crippen LogP contribution in [-0.2, 0) is 0 Å². The molecule has 0 bridgehead atoms. The standard InChI is InChI=1S/C23H16N4O2/c24-14-17(15-25)16-26-19-12-10-18(11-13-19)23(28)27-21-8-4-5-9-22(21)29-20-6-2-1-3-7-20/h1-13,16,26H,(H,27,28). The third-order valence-corrected chi connectivity index (χ3v) is 3.88. The molecular formula is C23H16N4O2. The van der Waals surface area contributed by atoms with Crippen molar-refractivity contribution in [2.45, 2.75) is 0 Å². The zero-order valence-electron chi connectivity index (χ0n) is 15.3. The first kappa shape index (κ1) is 19.2. The van der Waals surface area contributed by atoms with E-state index < -0.39 is 0 Å². The van der Waals surface area contributed by atoms with Crippen molar-refractivity contribution in [2.24, 2.45) is 0 Å². The van der Waals surface area contributed by atoms with Crippen LogP contribution in [0.15, 0.2) is 90.6 Å². The third kappa shape index (κ3) is 5.22. The zero-order valence-corrected chi connectivity index (χ0v) is 15.3. The first-order valence-corrected chi connectivity index (χ1v) is 8.70. The van der Waals surface area contributed by atoms with Crippen LogP contribution in [-0.4, -0.2) is 5.91 Å². The highest BCUT2D eigenvalue weighted by Gasteiger charge is 2.10. The predicted octanol–water partition coefficient (Wildman–Crippen LogP) is 5.07. The number of carbonyl (C=O) groups is 1. The van der Waals surface area contributed by atoms with Gasteiger partial charge in [0.15, 0.2) is 5.75 Å². The van der Waals surface area contributed by atoms with E-state index >= 15 is 0 Å². The molecule has 2 N–H and O–H groups in total. The van der Waals surface area contributed by atoms with E-state index in [-0.39, 0.29) is 11.5 Å². The quantitative estimate of drug-likeness (QED) is 0.582. The lowest BCUT2D eigenvalue weighted by atomic mass is 10.2. The Morgan fingerprint density at radius 2 is 1.52 bits per heavy atom. The summed E-state index contributed by atoms with van der Waals surface area (Å²) in [6.07, 6.45) is 1.31. The molecule has 0 unspecified atom stereocenters. The average molecular weight is 380 g/mol. The fourth-order valence-electron chi connectivity index (χ4n) is 2.43. The SMILES string of the molecule is N#CC(C#N)=CNc1ccc(C(=O)Nc2ccccc2Oc2ccccc2)cc1. The van der Waals surface area contributed by atoms with E-state index in [1.165, 1.54) is 6.20 Å². The molecule has 6 heteroatoms. The summed E-state index contributed by atoms with van der Waals surface area (Å²) in [5, 5.41) is 23.2. The molecule has 0 atom stereocenters. The number of rotatable bonds is 6. The summed E-state index contributed by atoms with van der Waals surface area (Å²) in [7, 11) is 0. The maximum atomic E-state index is 12.6. The fraction of sp³-hybridized carbons (Fsp3) is 0. The second kappa shape index (κ2) is 9.40. The smallest absolute Gasteiger partial charge is 0.255 e. The molecule has 3 aromatic rings. The van der Waals surface area contributed by atoms with Crippen LogP contribution in [0.5, 0.6) is 11.5 Å². The summed E-state index contributed by atoms with van der Waals surface area (Å²) in [6, 6.07) is 26.7. The summed E-state index contributed by atoms with van der Waals surface area (Å²) in [4.78, 5) is 12.6. The van der Waals surface area contributed by atoms with E-state index in [4.69, 9.17) is 15.3 Å². The minimum Gasteiger partial charge on any atom is -0.455 e. The van der Waals surface area contributed by atoms with Crippen LogP contribution in [0, 0.1) is 22.7 Å². The number of nitrogens with one attached hydrogen (secondary N) is 2. The molecule has 0 saturated heterocycles. The number of nitrogens with zero attached hydrogens (tertiary/aromatic N) is 2. The van der Waals surface area contributed by atoms with E-state index in [9.17, 15) is 4.79 Å². The van der Waals surface area contributed by atoms with E-state index in [2.05, 4.69) is 10.6 Å². The number of hydrogen-bond donors (Lipinski definition) is 2. The van der Waals surface area contributed by atoms with Crippen molar-refractivity contribution < 1.29 is 9.53 Å². The Kier molecular flexibility index (Phi) is 6.23. The number of ether oxygens (including phenoxy) is 1. The Morgan fingerprint density at radius 1 is 0.862 bits per heavy atom. The van der Waals surface area contributed by atoms with Gasteiger partial charge < -0.3 is 15.4 Å². The monoisotopic (exact) mass is 380 g/mol. The summed E-state index contributed by atoms with van der Waals surface area (Å²) < 4.78 is 5.86. The van der Waals surface area contributed by atoms with Crippen LogP contribution >= 0.6 is 0 Å². The fourth-order valence-corrected chi connectivity index (χ4v) is 2.43. The molecule has 0 saturated carbocycles. The van der Waals surface area contributed by atoms with Crippen LogP contribution in [0.1, 0.15) is 10.4 Å². The molecule has 3 aromatic carbocycles. The number of para-hydroxylation sites is 3. The van der Waals surface area contributed by atoms with Crippen molar-refractivity contribution in [3.05, 3.63) is 96.2 Å².